The van der Waals surface area contributed by atoms with Gasteiger partial charge in [0.2, 0.25) is 0 Å². The highest BCUT2D eigenvalue weighted by atomic mass is 35.5. The first kappa shape index (κ1) is 18.1. The number of nitrogens with one attached hydrogen (secondary N) is 1. The highest BCUT2D eigenvalue weighted by Gasteiger charge is 2.23. The van der Waals surface area contributed by atoms with Crippen LogP contribution in [0.1, 0.15) is 37.0 Å². The Labute approximate surface area is 155 Å². The fourth-order valence-corrected chi connectivity index (χ4v) is 2.50. The first-order chi connectivity index (χ1) is 12.3. The molecule has 0 unspecified atom stereocenters. The second-order valence-corrected chi connectivity index (χ2v) is 7.20. The molecule has 0 saturated carbocycles. The molecule has 134 valence electrons. The summed E-state index contributed by atoms with van der Waals surface area (Å²) in [6.45, 7) is 5.91. The summed E-state index contributed by atoms with van der Waals surface area (Å²) in [5.41, 5.74) is 0.887. The van der Waals surface area contributed by atoms with Gasteiger partial charge in [-0.15, -0.1) is 0 Å². The molecule has 1 heterocycles. The zero-order valence-corrected chi connectivity index (χ0v) is 15.3. The van der Waals surface area contributed by atoms with Gasteiger partial charge < -0.3 is 9.84 Å². The van der Waals surface area contributed by atoms with Crippen molar-refractivity contribution in [3.05, 3.63) is 64.7 Å². The van der Waals surface area contributed by atoms with Crippen molar-refractivity contribution < 1.29 is 13.7 Å². The molecule has 0 saturated heterocycles. The Balaban J connectivity index is 1.94. The summed E-state index contributed by atoms with van der Waals surface area (Å²) in [5.74, 6) is -0.0891. The van der Waals surface area contributed by atoms with E-state index in [9.17, 15) is 9.18 Å². The number of benzene rings is 2. The van der Waals surface area contributed by atoms with Crippen LogP contribution >= 0.6 is 11.6 Å². The number of anilines is 1. The summed E-state index contributed by atoms with van der Waals surface area (Å²) in [4.78, 5) is 17.1. The predicted molar refractivity (Wildman–Crippen MR) is 97.8 cm³/mol. The van der Waals surface area contributed by atoms with Crippen LogP contribution in [-0.2, 0) is 5.41 Å². The zero-order valence-electron chi connectivity index (χ0n) is 14.5. The van der Waals surface area contributed by atoms with Gasteiger partial charge in [-0.3, -0.25) is 4.79 Å². The van der Waals surface area contributed by atoms with Crippen LogP contribution in [0.25, 0.3) is 11.5 Å². The normalized spacial score (nSPS) is 11.4. The van der Waals surface area contributed by atoms with Crippen molar-refractivity contribution in [2.24, 2.45) is 0 Å². The molecule has 7 heteroatoms. The molecule has 26 heavy (non-hydrogen) atoms. The molecule has 0 atom stereocenters. The monoisotopic (exact) mass is 373 g/mol. The second-order valence-electron chi connectivity index (χ2n) is 6.80. The number of hydrogen-bond acceptors (Lipinski definition) is 4. The molecular weight excluding hydrogens is 357 g/mol. The van der Waals surface area contributed by atoms with Crippen LogP contribution in [0.5, 0.6) is 0 Å². The topological polar surface area (TPSA) is 68.0 Å². The van der Waals surface area contributed by atoms with E-state index in [4.69, 9.17) is 16.1 Å². The van der Waals surface area contributed by atoms with E-state index in [2.05, 4.69) is 15.5 Å². The molecule has 0 radical (unpaired) electrons. The Morgan fingerprint density at radius 3 is 2.58 bits per heavy atom. The Morgan fingerprint density at radius 1 is 1.19 bits per heavy atom. The maximum atomic E-state index is 13.2. The van der Waals surface area contributed by atoms with Gasteiger partial charge in [0.15, 0.2) is 5.82 Å². The summed E-state index contributed by atoms with van der Waals surface area (Å²) in [6.07, 6.45) is 0. The van der Waals surface area contributed by atoms with Crippen molar-refractivity contribution in [1.82, 2.24) is 10.1 Å². The van der Waals surface area contributed by atoms with Gasteiger partial charge in [-0.2, -0.15) is 4.98 Å². The van der Waals surface area contributed by atoms with Gasteiger partial charge in [0, 0.05) is 5.41 Å². The number of amides is 1. The number of aromatic nitrogens is 2. The van der Waals surface area contributed by atoms with Crippen molar-refractivity contribution in [2.75, 3.05) is 5.32 Å². The second kappa shape index (κ2) is 6.88. The molecule has 0 spiro atoms. The number of rotatable bonds is 3. The molecule has 0 fully saturated rings. The zero-order chi connectivity index (χ0) is 18.9. The highest BCUT2D eigenvalue weighted by molar-refractivity contribution is 6.34. The molecule has 3 aromatic rings. The average Bonchev–Trinajstić information content (AvgIpc) is 3.07. The van der Waals surface area contributed by atoms with Gasteiger partial charge in [0.05, 0.1) is 21.8 Å². The first-order valence-corrected chi connectivity index (χ1v) is 8.33. The van der Waals surface area contributed by atoms with Crippen LogP contribution in [0.3, 0.4) is 0 Å². The van der Waals surface area contributed by atoms with Crippen molar-refractivity contribution in [3.63, 3.8) is 0 Å². The standard InChI is InChI=1S/C19H17ClFN3O2/c1-19(2,3)18-23-17(26-24-18)13-7-5-4-6-12(13)16(25)22-15-9-8-11(21)10-14(15)20/h4-10H,1-3H3,(H,22,25). The van der Waals surface area contributed by atoms with Crippen LogP contribution in [-0.4, -0.2) is 16.0 Å². The van der Waals surface area contributed by atoms with E-state index in [1.54, 1.807) is 24.3 Å². The Hall–Kier alpha value is -2.73. The van der Waals surface area contributed by atoms with Crippen molar-refractivity contribution >= 4 is 23.2 Å². The van der Waals surface area contributed by atoms with Gasteiger partial charge >= 0.3 is 0 Å². The van der Waals surface area contributed by atoms with Crippen LogP contribution < -0.4 is 5.32 Å². The maximum absolute atomic E-state index is 13.2. The predicted octanol–water partition coefficient (Wildman–Crippen LogP) is 5.08. The van der Waals surface area contributed by atoms with Gasteiger partial charge in [0.25, 0.3) is 11.8 Å². The third kappa shape index (κ3) is 3.75. The molecule has 1 amide bonds. The third-order valence-electron chi connectivity index (χ3n) is 3.68. The minimum atomic E-state index is -0.478. The van der Waals surface area contributed by atoms with E-state index in [-0.39, 0.29) is 16.3 Å². The first-order valence-electron chi connectivity index (χ1n) is 7.95. The molecule has 2 aromatic carbocycles. The van der Waals surface area contributed by atoms with Crippen LogP contribution in [0.4, 0.5) is 10.1 Å². The van der Waals surface area contributed by atoms with Crippen molar-refractivity contribution in [2.45, 2.75) is 26.2 Å². The highest BCUT2D eigenvalue weighted by Crippen LogP contribution is 2.28. The quantitative estimate of drug-likeness (QED) is 0.695. The molecule has 5 nitrogen and oxygen atoms in total. The Kier molecular flexibility index (Phi) is 4.78. The largest absolute Gasteiger partial charge is 0.334 e. The Morgan fingerprint density at radius 2 is 1.92 bits per heavy atom. The summed E-state index contributed by atoms with van der Waals surface area (Å²) in [5, 5.41) is 6.78. The van der Waals surface area contributed by atoms with Gasteiger partial charge in [0.1, 0.15) is 5.82 Å². The lowest BCUT2D eigenvalue weighted by Gasteiger charge is -2.11. The lowest BCUT2D eigenvalue weighted by molar-refractivity contribution is 0.102. The Bertz CT molecular complexity index is 963. The lowest BCUT2D eigenvalue weighted by atomic mass is 9.96. The fourth-order valence-electron chi connectivity index (χ4n) is 2.29. The van der Waals surface area contributed by atoms with E-state index in [0.717, 1.165) is 6.07 Å². The minimum absolute atomic E-state index is 0.114. The maximum Gasteiger partial charge on any atom is 0.258 e. The molecule has 3 rings (SSSR count). The van der Waals surface area contributed by atoms with E-state index in [1.807, 2.05) is 20.8 Å². The van der Waals surface area contributed by atoms with E-state index in [1.165, 1.54) is 12.1 Å². The van der Waals surface area contributed by atoms with E-state index < -0.39 is 11.7 Å². The molecule has 0 bridgehead atoms. The molecule has 0 aliphatic carbocycles. The summed E-state index contributed by atoms with van der Waals surface area (Å²) < 4.78 is 18.5. The van der Waals surface area contributed by atoms with Gasteiger partial charge in [-0.05, 0) is 30.3 Å². The number of carbonyl (C=O) groups is 1. The molecule has 1 aromatic heterocycles. The summed E-state index contributed by atoms with van der Waals surface area (Å²) in [7, 11) is 0. The SMILES string of the molecule is CC(C)(C)c1noc(-c2ccccc2C(=O)Nc2ccc(F)cc2Cl)n1. The summed E-state index contributed by atoms with van der Waals surface area (Å²) in [6, 6.07) is 10.6. The lowest BCUT2D eigenvalue weighted by Crippen LogP contribution is -2.14. The smallest absolute Gasteiger partial charge is 0.258 e. The van der Waals surface area contributed by atoms with Crippen LogP contribution in [0, 0.1) is 5.82 Å². The average molecular weight is 374 g/mol. The fraction of sp³-hybridized carbons (Fsp3) is 0.211. The van der Waals surface area contributed by atoms with Gasteiger partial charge in [-0.25, -0.2) is 4.39 Å². The summed E-state index contributed by atoms with van der Waals surface area (Å²) >= 11 is 5.98. The number of nitrogens with zero attached hydrogens (tertiary/aromatic N) is 2. The van der Waals surface area contributed by atoms with Crippen LogP contribution in [0.15, 0.2) is 47.0 Å². The minimum Gasteiger partial charge on any atom is -0.334 e. The third-order valence-corrected chi connectivity index (χ3v) is 3.99. The van der Waals surface area contributed by atoms with Crippen molar-refractivity contribution in [3.8, 4) is 11.5 Å². The van der Waals surface area contributed by atoms with Crippen molar-refractivity contribution in [1.29, 1.82) is 0 Å². The van der Waals surface area contributed by atoms with Gasteiger partial charge in [-0.1, -0.05) is 49.7 Å². The number of hydrogen-bond donors (Lipinski definition) is 1. The molecule has 0 aliphatic rings. The molecular formula is C19H17ClFN3O2. The number of halogens is 2. The van der Waals surface area contributed by atoms with E-state index in [0.29, 0.717) is 22.6 Å². The van der Waals surface area contributed by atoms with E-state index >= 15 is 0 Å². The number of carbonyl (C=O) groups excluding carboxylic acids is 1. The molecule has 1 N–H and O–H groups in total. The molecule has 0 aliphatic heterocycles. The van der Waals surface area contributed by atoms with Crippen LogP contribution in [0.2, 0.25) is 5.02 Å².